The Morgan fingerprint density at radius 3 is 2.95 bits per heavy atom. The first-order valence-corrected chi connectivity index (χ1v) is 9.00. The van der Waals surface area contributed by atoms with Gasteiger partial charge in [0.2, 0.25) is 0 Å². The molecule has 2 heterocycles. The molecule has 1 aliphatic carbocycles. The van der Waals surface area contributed by atoms with Gasteiger partial charge >= 0.3 is 0 Å². The molecule has 2 nitrogen and oxygen atoms in total. The van der Waals surface area contributed by atoms with Crippen molar-refractivity contribution in [3.8, 4) is 0 Å². The van der Waals surface area contributed by atoms with Crippen LogP contribution in [0.1, 0.15) is 68.4 Å². The Kier molecular flexibility index (Phi) is 4.49. The van der Waals surface area contributed by atoms with Crippen molar-refractivity contribution >= 4 is 11.3 Å². The summed E-state index contributed by atoms with van der Waals surface area (Å²) in [5.74, 6) is 0.380. The Morgan fingerprint density at radius 1 is 1.40 bits per heavy atom. The zero-order valence-electron chi connectivity index (χ0n) is 12.4. The average molecular weight is 294 g/mol. The van der Waals surface area contributed by atoms with E-state index in [1.54, 1.807) is 11.3 Å². The Bertz CT molecular complexity index is 428. The lowest BCUT2D eigenvalue weighted by molar-refractivity contribution is -0.133. The van der Waals surface area contributed by atoms with Crippen molar-refractivity contribution in [2.45, 2.75) is 70.0 Å². The highest BCUT2D eigenvalue weighted by molar-refractivity contribution is 7.10. The van der Waals surface area contributed by atoms with E-state index in [0.29, 0.717) is 5.92 Å². The van der Waals surface area contributed by atoms with Crippen LogP contribution in [0.2, 0.25) is 0 Å². The predicted molar refractivity (Wildman–Crippen MR) is 83.1 cm³/mol. The van der Waals surface area contributed by atoms with Crippen LogP contribution in [0.25, 0.3) is 0 Å². The minimum atomic E-state index is -0.285. The van der Waals surface area contributed by atoms with E-state index in [-0.39, 0.29) is 11.7 Å². The van der Waals surface area contributed by atoms with Gasteiger partial charge in [0.25, 0.3) is 0 Å². The smallest absolute Gasteiger partial charge is 0.0914 e. The van der Waals surface area contributed by atoms with Crippen LogP contribution in [0.3, 0.4) is 0 Å². The highest BCUT2D eigenvalue weighted by Crippen LogP contribution is 2.45. The van der Waals surface area contributed by atoms with Gasteiger partial charge in [-0.1, -0.05) is 26.2 Å². The molecular formula is C17H26O2S. The lowest BCUT2D eigenvalue weighted by atomic mass is 9.74. The lowest BCUT2D eigenvalue weighted by Gasteiger charge is -2.44. The van der Waals surface area contributed by atoms with Crippen molar-refractivity contribution in [1.29, 1.82) is 0 Å². The summed E-state index contributed by atoms with van der Waals surface area (Å²) in [7, 11) is 0. The molecule has 1 aliphatic heterocycles. The molecule has 1 saturated heterocycles. The molecule has 3 rings (SSSR count). The first-order chi connectivity index (χ1) is 9.74. The minimum Gasteiger partial charge on any atom is -0.387 e. The molecular weight excluding hydrogens is 268 g/mol. The summed E-state index contributed by atoms with van der Waals surface area (Å²) in [6.45, 7) is 3.00. The maximum absolute atomic E-state index is 10.8. The molecule has 1 N–H and O–H groups in total. The number of aliphatic hydroxyl groups is 1. The van der Waals surface area contributed by atoms with E-state index in [0.717, 1.165) is 25.9 Å². The Morgan fingerprint density at radius 2 is 2.20 bits per heavy atom. The molecule has 2 atom stereocenters. The summed E-state index contributed by atoms with van der Waals surface area (Å²) in [4.78, 5) is 1.20. The van der Waals surface area contributed by atoms with Gasteiger partial charge in [-0.3, -0.25) is 0 Å². The number of ether oxygens (including phenoxy) is 1. The maximum atomic E-state index is 10.8. The third-order valence-corrected chi connectivity index (χ3v) is 6.20. The lowest BCUT2D eigenvalue weighted by Crippen LogP contribution is -2.42. The molecule has 1 saturated carbocycles. The van der Waals surface area contributed by atoms with E-state index in [9.17, 15) is 5.11 Å². The fourth-order valence-corrected chi connectivity index (χ4v) is 5.07. The second-order valence-electron chi connectivity index (χ2n) is 6.45. The molecule has 1 aromatic heterocycles. The average Bonchev–Trinajstić information content (AvgIpc) is 2.96. The molecule has 1 spiro atoms. The minimum absolute atomic E-state index is 0.0891. The summed E-state index contributed by atoms with van der Waals surface area (Å²) < 4.78 is 6.15. The number of thiophene rings is 1. The zero-order valence-corrected chi connectivity index (χ0v) is 13.3. The predicted octanol–water partition coefficient (Wildman–Crippen LogP) is 4.47. The zero-order chi connectivity index (χ0) is 14.0. The number of aryl methyl sites for hydroxylation is 1. The van der Waals surface area contributed by atoms with E-state index in [2.05, 4.69) is 18.4 Å². The van der Waals surface area contributed by atoms with E-state index >= 15 is 0 Å². The van der Waals surface area contributed by atoms with Crippen LogP contribution in [0.15, 0.2) is 11.4 Å². The molecule has 2 fully saturated rings. The Labute approximate surface area is 126 Å². The summed E-state index contributed by atoms with van der Waals surface area (Å²) in [6.07, 6.45) is 9.12. The van der Waals surface area contributed by atoms with Gasteiger partial charge in [0.1, 0.15) is 0 Å². The van der Waals surface area contributed by atoms with Crippen molar-refractivity contribution in [3.05, 3.63) is 21.9 Å². The topological polar surface area (TPSA) is 29.5 Å². The van der Waals surface area contributed by atoms with Crippen molar-refractivity contribution in [2.24, 2.45) is 5.92 Å². The highest BCUT2D eigenvalue weighted by Gasteiger charge is 2.41. The largest absolute Gasteiger partial charge is 0.387 e. The van der Waals surface area contributed by atoms with Crippen LogP contribution in [0.4, 0.5) is 0 Å². The van der Waals surface area contributed by atoms with Crippen molar-refractivity contribution in [3.63, 3.8) is 0 Å². The third-order valence-electron chi connectivity index (χ3n) is 5.17. The molecule has 2 unspecified atom stereocenters. The van der Waals surface area contributed by atoms with Crippen LogP contribution >= 0.6 is 11.3 Å². The van der Waals surface area contributed by atoms with Gasteiger partial charge in [-0.25, -0.2) is 0 Å². The van der Waals surface area contributed by atoms with Gasteiger partial charge in [-0.05, 0) is 55.0 Å². The molecule has 3 heteroatoms. The van der Waals surface area contributed by atoms with E-state index < -0.39 is 0 Å². The quantitative estimate of drug-likeness (QED) is 0.891. The van der Waals surface area contributed by atoms with Gasteiger partial charge in [-0.15, -0.1) is 11.3 Å². The monoisotopic (exact) mass is 294 g/mol. The summed E-state index contributed by atoms with van der Waals surface area (Å²) in [5, 5.41) is 12.9. The van der Waals surface area contributed by atoms with Gasteiger partial charge in [-0.2, -0.15) is 0 Å². The van der Waals surface area contributed by atoms with Crippen molar-refractivity contribution < 1.29 is 9.84 Å². The third kappa shape index (κ3) is 2.81. The molecule has 112 valence electrons. The number of hydrogen-bond donors (Lipinski definition) is 1. The molecule has 0 radical (unpaired) electrons. The van der Waals surface area contributed by atoms with E-state index in [1.165, 1.54) is 42.5 Å². The number of aliphatic hydroxyl groups excluding tert-OH is 1. The first-order valence-electron chi connectivity index (χ1n) is 8.12. The second kappa shape index (κ2) is 6.17. The van der Waals surface area contributed by atoms with Crippen LogP contribution in [0.5, 0.6) is 0 Å². The molecule has 2 aliphatic rings. The van der Waals surface area contributed by atoms with Crippen LogP contribution in [-0.4, -0.2) is 17.3 Å². The molecule has 1 aromatic rings. The normalized spacial score (nSPS) is 27.6. The summed E-state index contributed by atoms with van der Waals surface area (Å²) in [5.41, 5.74) is 1.41. The van der Waals surface area contributed by atoms with Crippen LogP contribution < -0.4 is 0 Å². The summed E-state index contributed by atoms with van der Waals surface area (Å²) in [6, 6.07) is 2.17. The van der Waals surface area contributed by atoms with Gasteiger partial charge in [0, 0.05) is 11.5 Å². The van der Waals surface area contributed by atoms with Gasteiger partial charge in [0.05, 0.1) is 11.7 Å². The second-order valence-corrected chi connectivity index (χ2v) is 7.40. The Hall–Kier alpha value is -0.380. The fourth-order valence-electron chi connectivity index (χ4n) is 3.99. The molecule has 0 bridgehead atoms. The first kappa shape index (κ1) is 14.6. The van der Waals surface area contributed by atoms with Crippen LogP contribution in [-0.2, 0) is 11.2 Å². The van der Waals surface area contributed by atoms with E-state index in [1.807, 2.05) is 0 Å². The highest BCUT2D eigenvalue weighted by atomic mass is 32.1. The molecule has 0 amide bonds. The van der Waals surface area contributed by atoms with Crippen molar-refractivity contribution in [2.75, 3.05) is 6.61 Å². The Balaban J connectivity index is 1.73. The number of hydrogen-bond acceptors (Lipinski definition) is 3. The molecule has 0 aromatic carbocycles. The van der Waals surface area contributed by atoms with Gasteiger partial charge in [0.15, 0.2) is 0 Å². The van der Waals surface area contributed by atoms with E-state index in [4.69, 9.17) is 4.74 Å². The van der Waals surface area contributed by atoms with Gasteiger partial charge < -0.3 is 9.84 Å². The summed E-state index contributed by atoms with van der Waals surface area (Å²) >= 11 is 1.72. The fraction of sp³-hybridized carbons (Fsp3) is 0.765. The maximum Gasteiger partial charge on any atom is 0.0914 e. The standard InChI is InChI=1S/C17H26O2S/c1-2-13-7-11-20-16(13)15(18)14-6-10-19-17(12-14)8-4-3-5-9-17/h7,11,14-15,18H,2-6,8-10,12H2,1H3. The SMILES string of the molecule is CCc1ccsc1C(O)C1CCOC2(CCCCC2)C1. The molecule has 20 heavy (non-hydrogen) atoms. The number of rotatable bonds is 3. The van der Waals surface area contributed by atoms with Crippen LogP contribution in [0, 0.1) is 5.92 Å². The van der Waals surface area contributed by atoms with Crippen molar-refractivity contribution in [1.82, 2.24) is 0 Å².